The van der Waals surface area contributed by atoms with Crippen molar-refractivity contribution in [2.24, 2.45) is 0 Å². The van der Waals surface area contributed by atoms with E-state index >= 15 is 0 Å². The van der Waals surface area contributed by atoms with Crippen LogP contribution < -0.4 is 10.0 Å². The van der Waals surface area contributed by atoms with E-state index in [9.17, 15) is 13.2 Å². The summed E-state index contributed by atoms with van der Waals surface area (Å²) in [7, 11) is -3.89. The zero-order valence-electron chi connectivity index (χ0n) is 20.3. The van der Waals surface area contributed by atoms with Gasteiger partial charge < -0.3 is 9.84 Å². The van der Waals surface area contributed by atoms with Crippen molar-refractivity contribution < 1.29 is 17.7 Å². The lowest BCUT2D eigenvalue weighted by molar-refractivity contribution is 0.102. The molecule has 0 saturated carbocycles. The van der Waals surface area contributed by atoms with Gasteiger partial charge in [-0.25, -0.2) is 13.1 Å². The van der Waals surface area contributed by atoms with Gasteiger partial charge in [-0.05, 0) is 67.8 Å². The Kier molecular flexibility index (Phi) is 5.73. The minimum Gasteiger partial charge on any atom is -0.337 e. The summed E-state index contributed by atoms with van der Waals surface area (Å²) in [6, 6.07) is 19.7. The largest absolute Gasteiger partial charge is 0.337 e. The summed E-state index contributed by atoms with van der Waals surface area (Å²) < 4.78 is 34.1. The van der Waals surface area contributed by atoms with Crippen LogP contribution in [0.15, 0.2) is 82.3 Å². The Bertz CT molecular complexity index is 1900. The fraction of sp³-hybridized carbons (Fsp3) is 0.0741. The standard InChI is InChI=1S/C27H21N5O4S2/c1-15-16(2)31-36-27(15)32-38(34,35)21-9-7-20(8-10-21)29-26(33)18-11-19-14-28-30-25(19)22(12-18)24-13-17-5-3-4-6-23(17)37-24/h3-14,32H,1-2H3,(H,28,30)(H,29,33). The van der Waals surface area contributed by atoms with E-state index in [0.717, 1.165) is 31.4 Å². The smallest absolute Gasteiger partial charge is 0.264 e. The molecule has 190 valence electrons. The van der Waals surface area contributed by atoms with Gasteiger partial charge in [0.05, 0.1) is 22.3 Å². The van der Waals surface area contributed by atoms with Gasteiger partial charge in [-0.3, -0.25) is 9.89 Å². The topological polar surface area (TPSA) is 130 Å². The molecule has 38 heavy (non-hydrogen) atoms. The first-order valence-corrected chi connectivity index (χ1v) is 13.9. The maximum Gasteiger partial charge on any atom is 0.264 e. The zero-order chi connectivity index (χ0) is 26.4. The third-order valence-electron chi connectivity index (χ3n) is 6.31. The Labute approximate surface area is 221 Å². The lowest BCUT2D eigenvalue weighted by Gasteiger charge is -2.09. The number of carbonyl (C=O) groups is 1. The SMILES string of the molecule is Cc1noc(NS(=O)(=O)c2ccc(NC(=O)c3cc(-c4cc5ccccc5s4)c4[nH]ncc4c3)cc2)c1C. The number of fused-ring (bicyclic) bond motifs is 2. The van der Waals surface area contributed by atoms with Crippen molar-refractivity contribution in [3.63, 3.8) is 0 Å². The number of amides is 1. The molecule has 3 aromatic heterocycles. The van der Waals surface area contributed by atoms with Crippen LogP contribution >= 0.6 is 11.3 Å². The number of hydrogen-bond acceptors (Lipinski definition) is 7. The van der Waals surface area contributed by atoms with Gasteiger partial charge in [-0.2, -0.15) is 5.10 Å². The Balaban J connectivity index is 1.26. The molecule has 3 heterocycles. The summed E-state index contributed by atoms with van der Waals surface area (Å²) in [6.45, 7) is 3.44. The number of thiophene rings is 1. The monoisotopic (exact) mass is 543 g/mol. The van der Waals surface area contributed by atoms with Crippen molar-refractivity contribution >= 4 is 59.8 Å². The average molecular weight is 544 g/mol. The predicted molar refractivity (Wildman–Crippen MR) is 148 cm³/mol. The van der Waals surface area contributed by atoms with E-state index in [4.69, 9.17) is 4.52 Å². The minimum absolute atomic E-state index is 0.0239. The van der Waals surface area contributed by atoms with Gasteiger partial charge in [0.25, 0.3) is 15.9 Å². The van der Waals surface area contributed by atoms with Gasteiger partial charge in [-0.1, -0.05) is 23.4 Å². The molecule has 1 amide bonds. The van der Waals surface area contributed by atoms with E-state index in [0.29, 0.717) is 22.5 Å². The second-order valence-electron chi connectivity index (χ2n) is 8.81. The number of aromatic nitrogens is 3. The quantitative estimate of drug-likeness (QED) is 0.233. The summed E-state index contributed by atoms with van der Waals surface area (Å²) >= 11 is 1.65. The lowest BCUT2D eigenvalue weighted by Crippen LogP contribution is -2.14. The maximum atomic E-state index is 13.2. The Morgan fingerprint density at radius 2 is 1.79 bits per heavy atom. The fourth-order valence-electron chi connectivity index (χ4n) is 4.11. The van der Waals surface area contributed by atoms with Crippen molar-refractivity contribution in [2.75, 3.05) is 10.0 Å². The van der Waals surface area contributed by atoms with Crippen molar-refractivity contribution in [1.29, 1.82) is 0 Å². The molecular weight excluding hydrogens is 522 g/mol. The van der Waals surface area contributed by atoms with Crippen LogP contribution in [0.4, 0.5) is 11.6 Å². The van der Waals surface area contributed by atoms with Crippen LogP contribution in [0.2, 0.25) is 0 Å². The molecule has 6 rings (SSSR count). The van der Waals surface area contributed by atoms with Gasteiger partial charge >= 0.3 is 0 Å². The molecule has 6 aromatic rings. The molecule has 0 saturated heterocycles. The van der Waals surface area contributed by atoms with E-state index < -0.39 is 10.0 Å². The lowest BCUT2D eigenvalue weighted by atomic mass is 10.0. The highest BCUT2D eigenvalue weighted by atomic mass is 32.2. The third-order valence-corrected chi connectivity index (χ3v) is 8.80. The Morgan fingerprint density at radius 1 is 1.00 bits per heavy atom. The molecule has 0 fully saturated rings. The molecule has 3 aromatic carbocycles. The van der Waals surface area contributed by atoms with Crippen LogP contribution in [-0.2, 0) is 10.0 Å². The number of anilines is 2. The number of nitrogens with zero attached hydrogens (tertiary/aromatic N) is 2. The van der Waals surface area contributed by atoms with Gasteiger partial charge in [0.1, 0.15) is 0 Å². The second kappa shape index (κ2) is 9.12. The van der Waals surface area contributed by atoms with E-state index in [2.05, 4.69) is 43.6 Å². The highest BCUT2D eigenvalue weighted by Crippen LogP contribution is 2.37. The number of rotatable bonds is 6. The number of H-pyrrole nitrogens is 1. The molecule has 11 heteroatoms. The van der Waals surface area contributed by atoms with Crippen molar-refractivity contribution in [3.05, 3.63) is 89.7 Å². The number of aromatic amines is 1. The average Bonchev–Trinajstić information content (AvgIpc) is 3.63. The summed E-state index contributed by atoms with van der Waals surface area (Å²) in [5.41, 5.74) is 3.87. The van der Waals surface area contributed by atoms with Crippen LogP contribution in [0.25, 0.3) is 31.4 Å². The number of carbonyl (C=O) groups excluding carboxylic acids is 1. The van der Waals surface area contributed by atoms with Crippen molar-refractivity contribution in [1.82, 2.24) is 15.4 Å². The fourth-order valence-corrected chi connectivity index (χ4v) is 6.24. The molecular formula is C27H21N5O4S2. The molecule has 0 spiro atoms. The first-order chi connectivity index (χ1) is 18.3. The van der Waals surface area contributed by atoms with Crippen molar-refractivity contribution in [3.8, 4) is 10.4 Å². The molecule has 0 aliphatic rings. The van der Waals surface area contributed by atoms with E-state index in [-0.39, 0.29) is 16.7 Å². The van der Waals surface area contributed by atoms with Gasteiger partial charge in [0.2, 0.25) is 5.88 Å². The molecule has 0 bridgehead atoms. The first kappa shape index (κ1) is 23.9. The number of benzene rings is 3. The zero-order valence-corrected chi connectivity index (χ0v) is 21.9. The summed E-state index contributed by atoms with van der Waals surface area (Å²) in [5.74, 6) is -0.249. The molecule has 0 atom stereocenters. The normalized spacial score (nSPS) is 11.7. The maximum absolute atomic E-state index is 13.2. The highest BCUT2D eigenvalue weighted by Gasteiger charge is 2.20. The minimum atomic E-state index is -3.89. The van der Waals surface area contributed by atoms with Crippen LogP contribution in [0.5, 0.6) is 0 Å². The molecule has 0 aliphatic carbocycles. The van der Waals surface area contributed by atoms with E-state index in [1.807, 2.05) is 18.2 Å². The predicted octanol–water partition coefficient (Wildman–Crippen LogP) is 6.10. The number of sulfonamides is 1. The molecule has 0 unspecified atom stereocenters. The second-order valence-corrected chi connectivity index (χ2v) is 11.6. The summed E-state index contributed by atoms with van der Waals surface area (Å²) in [4.78, 5) is 14.3. The van der Waals surface area contributed by atoms with Gasteiger partial charge in [0, 0.05) is 37.3 Å². The number of aryl methyl sites for hydroxylation is 1. The van der Waals surface area contributed by atoms with Gasteiger partial charge in [0.15, 0.2) is 0 Å². The Morgan fingerprint density at radius 3 is 2.53 bits per heavy atom. The van der Waals surface area contributed by atoms with Crippen LogP contribution in [0.3, 0.4) is 0 Å². The molecule has 0 radical (unpaired) electrons. The van der Waals surface area contributed by atoms with Crippen molar-refractivity contribution in [2.45, 2.75) is 18.7 Å². The summed E-state index contributed by atoms with van der Waals surface area (Å²) in [5, 5.41) is 15.8. The molecule has 3 N–H and O–H groups in total. The number of hydrogen-bond donors (Lipinski definition) is 3. The van der Waals surface area contributed by atoms with E-state index in [1.165, 1.54) is 24.3 Å². The first-order valence-electron chi connectivity index (χ1n) is 11.6. The summed E-state index contributed by atoms with van der Waals surface area (Å²) in [6.07, 6.45) is 1.69. The third kappa shape index (κ3) is 4.31. The van der Waals surface area contributed by atoms with Crippen LogP contribution in [0, 0.1) is 13.8 Å². The van der Waals surface area contributed by atoms with Crippen LogP contribution in [0.1, 0.15) is 21.6 Å². The van der Waals surface area contributed by atoms with Crippen LogP contribution in [-0.4, -0.2) is 29.7 Å². The molecule has 9 nitrogen and oxygen atoms in total. The Hall–Kier alpha value is -4.48. The highest BCUT2D eigenvalue weighted by molar-refractivity contribution is 7.92. The molecule has 0 aliphatic heterocycles. The van der Waals surface area contributed by atoms with Gasteiger partial charge in [-0.15, -0.1) is 11.3 Å². The number of nitrogens with one attached hydrogen (secondary N) is 3. The van der Waals surface area contributed by atoms with E-state index in [1.54, 1.807) is 37.4 Å².